The van der Waals surface area contributed by atoms with Gasteiger partial charge in [0.05, 0.1) is 5.56 Å². The molecule has 0 unspecified atom stereocenters. The molecule has 1 aromatic heterocycles. The average molecular weight is 341 g/mol. The second-order valence-corrected chi connectivity index (χ2v) is 7.20. The lowest BCUT2D eigenvalue weighted by atomic mass is 10.0. The first-order valence-electron chi connectivity index (χ1n) is 7.12. The van der Waals surface area contributed by atoms with Crippen molar-refractivity contribution < 1.29 is 17.6 Å². The standard InChI is InChI=1S/C17H11NO5S/c1-9-7-15(19)23-14-8-10(5-6-11(9)14)12-3-2-4-13-16(12)24(21,22)18-17(13)20/h2-8H,1H3,(H,18,20). The van der Waals surface area contributed by atoms with Crippen molar-refractivity contribution in [3.8, 4) is 11.1 Å². The third-order valence-electron chi connectivity index (χ3n) is 4.02. The van der Waals surface area contributed by atoms with Gasteiger partial charge < -0.3 is 4.42 Å². The highest BCUT2D eigenvalue weighted by molar-refractivity contribution is 7.90. The highest BCUT2D eigenvalue weighted by Crippen LogP contribution is 2.35. The van der Waals surface area contributed by atoms with Crippen LogP contribution >= 0.6 is 0 Å². The molecule has 0 fully saturated rings. The Hall–Kier alpha value is -2.93. The largest absolute Gasteiger partial charge is 0.423 e. The molecule has 120 valence electrons. The predicted molar refractivity (Wildman–Crippen MR) is 87.3 cm³/mol. The van der Waals surface area contributed by atoms with Crippen LogP contribution in [-0.2, 0) is 10.0 Å². The first kappa shape index (κ1) is 14.6. The Morgan fingerprint density at radius 3 is 2.54 bits per heavy atom. The van der Waals surface area contributed by atoms with Crippen LogP contribution in [0.25, 0.3) is 22.1 Å². The molecule has 4 rings (SSSR count). The maximum absolute atomic E-state index is 12.2. The summed E-state index contributed by atoms with van der Waals surface area (Å²) < 4.78 is 31.6. The second kappa shape index (κ2) is 4.78. The molecule has 2 heterocycles. The van der Waals surface area contributed by atoms with Gasteiger partial charge in [-0.1, -0.05) is 24.3 Å². The molecule has 3 aromatic rings. The lowest BCUT2D eigenvalue weighted by Crippen LogP contribution is -2.20. The van der Waals surface area contributed by atoms with Gasteiger partial charge in [-0.05, 0) is 30.2 Å². The fourth-order valence-electron chi connectivity index (χ4n) is 2.95. The number of amides is 1. The first-order chi connectivity index (χ1) is 11.4. The minimum atomic E-state index is -3.90. The summed E-state index contributed by atoms with van der Waals surface area (Å²) in [5, 5.41) is 0.767. The number of hydrogen-bond donors (Lipinski definition) is 1. The Balaban J connectivity index is 2.04. The monoisotopic (exact) mass is 341 g/mol. The van der Waals surface area contributed by atoms with Gasteiger partial charge in [0.1, 0.15) is 10.5 Å². The van der Waals surface area contributed by atoms with Crippen molar-refractivity contribution in [3.63, 3.8) is 0 Å². The summed E-state index contributed by atoms with van der Waals surface area (Å²) in [5.41, 5.74) is 1.71. The minimum absolute atomic E-state index is 0.0515. The molecule has 0 spiro atoms. The van der Waals surface area contributed by atoms with E-state index in [2.05, 4.69) is 0 Å². The molecule has 2 aromatic carbocycles. The summed E-state index contributed by atoms with van der Waals surface area (Å²) in [7, 11) is -3.90. The molecule has 1 aliphatic rings. The maximum Gasteiger partial charge on any atom is 0.336 e. The van der Waals surface area contributed by atoms with Crippen molar-refractivity contribution in [1.29, 1.82) is 0 Å². The van der Waals surface area contributed by atoms with Crippen LogP contribution in [0.5, 0.6) is 0 Å². The minimum Gasteiger partial charge on any atom is -0.423 e. The zero-order valence-corrected chi connectivity index (χ0v) is 13.3. The number of rotatable bonds is 1. The van der Waals surface area contributed by atoms with E-state index in [1.807, 2.05) is 4.72 Å². The maximum atomic E-state index is 12.2. The van der Waals surface area contributed by atoms with Gasteiger partial charge in [0.25, 0.3) is 15.9 Å². The van der Waals surface area contributed by atoms with Crippen molar-refractivity contribution in [2.24, 2.45) is 0 Å². The molecule has 6 nitrogen and oxygen atoms in total. The quantitative estimate of drug-likeness (QED) is 0.685. The predicted octanol–water partition coefficient (Wildman–Crippen LogP) is 2.20. The number of hydrogen-bond acceptors (Lipinski definition) is 5. The van der Waals surface area contributed by atoms with E-state index < -0.39 is 21.6 Å². The Labute approximate surface area is 136 Å². The Morgan fingerprint density at radius 2 is 1.75 bits per heavy atom. The molecule has 1 N–H and O–H groups in total. The van der Waals surface area contributed by atoms with E-state index in [0.717, 1.165) is 10.9 Å². The Bertz CT molecular complexity index is 1190. The molecule has 0 atom stereocenters. The average Bonchev–Trinajstić information content (AvgIpc) is 2.76. The smallest absolute Gasteiger partial charge is 0.336 e. The number of aryl methyl sites for hydroxylation is 1. The highest BCUT2D eigenvalue weighted by atomic mass is 32.2. The van der Waals surface area contributed by atoms with Crippen LogP contribution in [-0.4, -0.2) is 14.3 Å². The molecule has 0 aliphatic carbocycles. The number of fused-ring (bicyclic) bond motifs is 2. The summed E-state index contributed by atoms with van der Waals surface area (Å²) >= 11 is 0. The van der Waals surface area contributed by atoms with Crippen LogP contribution in [0, 0.1) is 6.92 Å². The van der Waals surface area contributed by atoms with Crippen molar-refractivity contribution in [2.75, 3.05) is 0 Å². The summed E-state index contributed by atoms with van der Waals surface area (Å²) in [6, 6.07) is 11.2. The number of benzene rings is 2. The van der Waals surface area contributed by atoms with E-state index in [1.54, 1.807) is 37.3 Å². The van der Waals surface area contributed by atoms with E-state index >= 15 is 0 Å². The molecule has 0 saturated carbocycles. The van der Waals surface area contributed by atoms with E-state index in [1.165, 1.54) is 12.1 Å². The fraction of sp³-hybridized carbons (Fsp3) is 0.0588. The van der Waals surface area contributed by atoms with Crippen molar-refractivity contribution >= 4 is 26.9 Å². The Morgan fingerprint density at radius 1 is 1.00 bits per heavy atom. The SMILES string of the molecule is Cc1cc(=O)oc2cc(-c3cccc4c3S(=O)(=O)NC4=O)ccc12. The summed E-state index contributed by atoms with van der Waals surface area (Å²) in [6.45, 7) is 1.80. The third kappa shape index (κ3) is 2.05. The van der Waals surface area contributed by atoms with Gasteiger partial charge in [-0.15, -0.1) is 0 Å². The molecule has 24 heavy (non-hydrogen) atoms. The molecule has 1 amide bonds. The molecule has 0 bridgehead atoms. The number of carbonyl (C=O) groups is 1. The molecule has 0 radical (unpaired) electrons. The van der Waals surface area contributed by atoms with Gasteiger partial charge in [0.2, 0.25) is 0 Å². The number of sulfonamides is 1. The first-order valence-corrected chi connectivity index (χ1v) is 8.60. The molecule has 7 heteroatoms. The fourth-order valence-corrected chi connectivity index (χ4v) is 4.33. The Kier molecular flexibility index (Phi) is 2.92. The van der Waals surface area contributed by atoms with Crippen LogP contribution in [0.1, 0.15) is 15.9 Å². The van der Waals surface area contributed by atoms with Gasteiger partial charge in [0, 0.05) is 17.0 Å². The zero-order valence-electron chi connectivity index (χ0n) is 12.5. The van der Waals surface area contributed by atoms with E-state index in [4.69, 9.17) is 4.42 Å². The normalized spacial score (nSPS) is 15.3. The van der Waals surface area contributed by atoms with Crippen LogP contribution in [0.2, 0.25) is 0 Å². The topological polar surface area (TPSA) is 93.4 Å². The van der Waals surface area contributed by atoms with E-state index in [0.29, 0.717) is 16.7 Å². The van der Waals surface area contributed by atoms with Gasteiger partial charge in [0.15, 0.2) is 0 Å². The summed E-state index contributed by atoms with van der Waals surface area (Å²) in [5.74, 6) is -0.644. The van der Waals surface area contributed by atoms with E-state index in [-0.39, 0.29) is 10.5 Å². The summed E-state index contributed by atoms with van der Waals surface area (Å²) in [6.07, 6.45) is 0. The molecular weight excluding hydrogens is 330 g/mol. The molecule has 0 saturated heterocycles. The second-order valence-electron chi connectivity index (χ2n) is 5.58. The van der Waals surface area contributed by atoms with Crippen molar-refractivity contribution in [2.45, 2.75) is 11.8 Å². The highest BCUT2D eigenvalue weighted by Gasteiger charge is 2.35. The van der Waals surface area contributed by atoms with E-state index in [9.17, 15) is 18.0 Å². The van der Waals surface area contributed by atoms with Crippen molar-refractivity contribution in [1.82, 2.24) is 4.72 Å². The van der Waals surface area contributed by atoms with Crippen LogP contribution in [0.4, 0.5) is 0 Å². The lowest BCUT2D eigenvalue weighted by Gasteiger charge is -2.08. The van der Waals surface area contributed by atoms with Gasteiger partial charge in [-0.25, -0.2) is 17.9 Å². The van der Waals surface area contributed by atoms with Crippen LogP contribution < -0.4 is 10.3 Å². The van der Waals surface area contributed by atoms with Crippen LogP contribution in [0.3, 0.4) is 0 Å². The molecular formula is C17H11NO5S. The summed E-state index contributed by atoms with van der Waals surface area (Å²) in [4.78, 5) is 23.3. The van der Waals surface area contributed by atoms with Gasteiger partial charge in [-0.2, -0.15) is 0 Å². The van der Waals surface area contributed by atoms with Crippen LogP contribution in [0.15, 0.2) is 56.6 Å². The van der Waals surface area contributed by atoms with Gasteiger partial charge >= 0.3 is 5.63 Å². The zero-order chi connectivity index (χ0) is 17.1. The number of nitrogens with one attached hydrogen (secondary N) is 1. The van der Waals surface area contributed by atoms with Gasteiger partial charge in [-0.3, -0.25) is 4.79 Å². The van der Waals surface area contributed by atoms with Crippen molar-refractivity contribution in [3.05, 3.63) is 64.0 Å². The number of carbonyl (C=O) groups excluding carboxylic acids is 1. The lowest BCUT2D eigenvalue weighted by molar-refractivity contribution is 0.0985. The molecule has 1 aliphatic heterocycles. The third-order valence-corrected chi connectivity index (χ3v) is 5.45.